The summed E-state index contributed by atoms with van der Waals surface area (Å²) in [4.78, 5) is 15.9. The quantitative estimate of drug-likeness (QED) is 0.932. The molecule has 7 heteroatoms. The minimum atomic E-state index is -3.20. The van der Waals surface area contributed by atoms with Gasteiger partial charge in [0.1, 0.15) is 6.33 Å². The topological polar surface area (TPSA) is 81.1 Å². The largest absolute Gasteiger partial charge is 0.331 e. The highest BCUT2D eigenvalue weighted by molar-refractivity contribution is 7.90. The van der Waals surface area contributed by atoms with Gasteiger partial charge in [0, 0.05) is 18.6 Å². The predicted octanol–water partition coefficient (Wildman–Crippen LogP) is 1.61. The first-order chi connectivity index (χ1) is 9.38. The molecule has 0 aliphatic heterocycles. The summed E-state index contributed by atoms with van der Waals surface area (Å²) in [5, 5.41) is 2.79. The Labute approximate surface area is 117 Å². The number of aromatic nitrogens is 2. The van der Waals surface area contributed by atoms with Crippen LogP contribution in [0, 0.1) is 0 Å². The molecule has 0 spiro atoms. The molecular formula is C13H15N3O3S. The van der Waals surface area contributed by atoms with E-state index < -0.39 is 9.84 Å². The number of hydrogen-bond acceptors (Lipinski definition) is 4. The zero-order valence-corrected chi connectivity index (χ0v) is 12.0. The molecule has 0 saturated carbocycles. The van der Waals surface area contributed by atoms with Crippen molar-refractivity contribution < 1.29 is 13.2 Å². The number of nitrogens with zero attached hydrogens (tertiary/aromatic N) is 2. The molecule has 0 aliphatic rings. The average molecular weight is 293 g/mol. The Morgan fingerprint density at radius 1 is 1.30 bits per heavy atom. The van der Waals surface area contributed by atoms with Gasteiger partial charge in [-0.1, -0.05) is 12.1 Å². The molecule has 1 aromatic heterocycles. The van der Waals surface area contributed by atoms with E-state index in [0.717, 1.165) is 11.8 Å². The predicted molar refractivity (Wildman–Crippen MR) is 74.1 cm³/mol. The van der Waals surface area contributed by atoms with Gasteiger partial charge in [0.25, 0.3) is 0 Å². The lowest BCUT2D eigenvalue weighted by molar-refractivity contribution is 0.239. The lowest BCUT2D eigenvalue weighted by atomic mass is 10.1. The third kappa shape index (κ3) is 3.24. The lowest BCUT2D eigenvalue weighted by Crippen LogP contribution is -2.30. The van der Waals surface area contributed by atoms with Gasteiger partial charge in [0.05, 0.1) is 10.9 Å². The maximum atomic E-state index is 11.8. The van der Waals surface area contributed by atoms with E-state index in [1.165, 1.54) is 29.2 Å². The van der Waals surface area contributed by atoms with Crippen molar-refractivity contribution >= 4 is 15.9 Å². The summed E-state index contributed by atoms with van der Waals surface area (Å²) in [5.41, 5.74) is 0.825. The highest BCUT2D eigenvalue weighted by Gasteiger charge is 2.12. The molecule has 1 heterocycles. The number of carbonyl (C=O) groups excluding carboxylic acids is 1. The molecule has 0 saturated heterocycles. The monoisotopic (exact) mass is 293 g/mol. The van der Waals surface area contributed by atoms with Gasteiger partial charge in [-0.3, -0.25) is 4.57 Å². The van der Waals surface area contributed by atoms with Crippen molar-refractivity contribution in [2.45, 2.75) is 17.9 Å². The van der Waals surface area contributed by atoms with Crippen LogP contribution in [0.25, 0.3) is 0 Å². The van der Waals surface area contributed by atoms with E-state index in [-0.39, 0.29) is 17.0 Å². The second-order valence-corrected chi connectivity index (χ2v) is 6.50. The third-order valence-electron chi connectivity index (χ3n) is 2.89. The number of amides is 1. The summed E-state index contributed by atoms with van der Waals surface area (Å²) in [5.74, 6) is 0. The molecule has 1 aromatic carbocycles. The van der Waals surface area contributed by atoms with Crippen molar-refractivity contribution in [2.75, 3.05) is 6.26 Å². The summed E-state index contributed by atoms with van der Waals surface area (Å²) < 4.78 is 24.1. The fourth-order valence-corrected chi connectivity index (χ4v) is 2.36. The van der Waals surface area contributed by atoms with Crippen molar-refractivity contribution in [1.29, 1.82) is 0 Å². The number of hydrogen-bond donors (Lipinski definition) is 1. The summed E-state index contributed by atoms with van der Waals surface area (Å²) in [7, 11) is -3.20. The van der Waals surface area contributed by atoms with Crippen LogP contribution in [0.3, 0.4) is 0 Å². The molecule has 106 valence electrons. The van der Waals surface area contributed by atoms with Crippen LogP contribution in [0.2, 0.25) is 0 Å². The van der Waals surface area contributed by atoms with Crippen molar-refractivity contribution in [2.24, 2.45) is 0 Å². The highest BCUT2D eigenvalue weighted by atomic mass is 32.2. The second kappa shape index (κ2) is 5.46. The molecule has 0 aliphatic carbocycles. The zero-order valence-electron chi connectivity index (χ0n) is 11.1. The SMILES string of the molecule is CC(NC(=O)n1ccnc1)c1ccc(S(C)(=O)=O)cc1. The maximum absolute atomic E-state index is 11.8. The smallest absolute Gasteiger partial charge is 0.327 e. The van der Waals surface area contributed by atoms with Gasteiger partial charge in [-0.15, -0.1) is 0 Å². The van der Waals surface area contributed by atoms with Crippen LogP contribution >= 0.6 is 0 Å². The van der Waals surface area contributed by atoms with Crippen molar-refractivity contribution in [1.82, 2.24) is 14.9 Å². The maximum Gasteiger partial charge on any atom is 0.327 e. The normalized spacial score (nSPS) is 12.9. The van der Waals surface area contributed by atoms with Gasteiger partial charge in [-0.05, 0) is 24.6 Å². The van der Waals surface area contributed by atoms with Crippen LogP contribution in [0.4, 0.5) is 4.79 Å². The molecule has 1 amide bonds. The summed E-state index contributed by atoms with van der Waals surface area (Å²) >= 11 is 0. The van der Waals surface area contributed by atoms with Gasteiger partial charge < -0.3 is 5.32 Å². The van der Waals surface area contributed by atoms with Crippen molar-refractivity contribution in [3.63, 3.8) is 0 Å². The van der Waals surface area contributed by atoms with Gasteiger partial charge in [0.15, 0.2) is 9.84 Å². The molecule has 20 heavy (non-hydrogen) atoms. The van der Waals surface area contributed by atoms with Crippen LogP contribution in [0.15, 0.2) is 47.9 Å². The van der Waals surface area contributed by atoms with Gasteiger partial charge in [-0.25, -0.2) is 18.2 Å². The van der Waals surface area contributed by atoms with Gasteiger partial charge >= 0.3 is 6.03 Å². The van der Waals surface area contributed by atoms with E-state index >= 15 is 0 Å². The Bertz CT molecular complexity index is 691. The molecule has 0 bridgehead atoms. The first kappa shape index (κ1) is 14.3. The molecular weight excluding hydrogens is 278 g/mol. The number of benzene rings is 1. The van der Waals surface area contributed by atoms with Crippen LogP contribution in [-0.2, 0) is 9.84 Å². The fourth-order valence-electron chi connectivity index (χ4n) is 1.73. The number of rotatable bonds is 3. The van der Waals surface area contributed by atoms with Gasteiger partial charge in [0.2, 0.25) is 0 Å². The fraction of sp³-hybridized carbons (Fsp3) is 0.231. The standard InChI is InChI=1S/C13H15N3O3S/c1-10(15-13(17)16-8-7-14-9-16)11-3-5-12(6-4-11)20(2,18)19/h3-10H,1-2H3,(H,15,17). The summed E-state index contributed by atoms with van der Waals surface area (Å²) in [6.07, 6.45) is 5.64. The Balaban J connectivity index is 2.10. The van der Waals surface area contributed by atoms with E-state index in [2.05, 4.69) is 10.3 Å². The molecule has 6 nitrogen and oxygen atoms in total. The Hall–Kier alpha value is -2.15. The molecule has 2 rings (SSSR count). The number of carbonyl (C=O) groups is 1. The van der Waals surface area contributed by atoms with E-state index in [1.807, 2.05) is 6.92 Å². The van der Waals surface area contributed by atoms with Gasteiger partial charge in [-0.2, -0.15) is 0 Å². The Kier molecular flexibility index (Phi) is 3.89. The number of sulfone groups is 1. The molecule has 0 radical (unpaired) electrons. The number of imidazole rings is 1. The van der Waals surface area contributed by atoms with Crippen LogP contribution in [0.1, 0.15) is 18.5 Å². The summed E-state index contributed by atoms with van der Waals surface area (Å²) in [6, 6.07) is 5.92. The van der Waals surface area contributed by atoms with Crippen molar-refractivity contribution in [3.8, 4) is 0 Å². The van der Waals surface area contributed by atoms with E-state index in [0.29, 0.717) is 0 Å². The highest BCUT2D eigenvalue weighted by Crippen LogP contribution is 2.16. The van der Waals surface area contributed by atoms with E-state index in [1.54, 1.807) is 18.3 Å². The van der Waals surface area contributed by atoms with Crippen LogP contribution in [0.5, 0.6) is 0 Å². The Morgan fingerprint density at radius 2 is 1.95 bits per heavy atom. The van der Waals surface area contributed by atoms with Crippen molar-refractivity contribution in [3.05, 3.63) is 48.5 Å². The minimum absolute atomic E-state index is 0.237. The Morgan fingerprint density at radius 3 is 2.45 bits per heavy atom. The second-order valence-electron chi connectivity index (χ2n) is 4.48. The van der Waals surface area contributed by atoms with E-state index in [9.17, 15) is 13.2 Å². The lowest BCUT2D eigenvalue weighted by Gasteiger charge is -2.14. The molecule has 1 unspecified atom stereocenters. The van der Waals surface area contributed by atoms with Crippen LogP contribution < -0.4 is 5.32 Å². The molecule has 2 aromatic rings. The first-order valence-corrected chi connectivity index (χ1v) is 7.86. The van der Waals surface area contributed by atoms with E-state index in [4.69, 9.17) is 0 Å². The first-order valence-electron chi connectivity index (χ1n) is 5.97. The average Bonchev–Trinajstić information content (AvgIpc) is 2.91. The summed E-state index contributed by atoms with van der Waals surface area (Å²) in [6.45, 7) is 1.82. The molecule has 1 atom stereocenters. The molecule has 0 fully saturated rings. The van der Waals surface area contributed by atoms with Crippen LogP contribution in [-0.4, -0.2) is 30.3 Å². The zero-order chi connectivity index (χ0) is 14.8. The minimum Gasteiger partial charge on any atom is -0.331 e. The third-order valence-corrected chi connectivity index (χ3v) is 4.02. The number of nitrogens with one attached hydrogen (secondary N) is 1. The molecule has 1 N–H and O–H groups in total.